The first-order valence-corrected chi connectivity index (χ1v) is 9.02. The van der Waals surface area contributed by atoms with Crippen molar-refractivity contribution in [3.8, 4) is 0 Å². The summed E-state index contributed by atoms with van der Waals surface area (Å²) >= 11 is 0. The third kappa shape index (κ3) is 7.38. The first kappa shape index (κ1) is 17.4. The summed E-state index contributed by atoms with van der Waals surface area (Å²) in [4.78, 5) is 13.4. The van der Waals surface area contributed by atoms with E-state index in [1.807, 2.05) is 0 Å². The Morgan fingerprint density at radius 2 is 2.18 bits per heavy atom. The molecule has 0 radical (unpaired) electrons. The van der Waals surface area contributed by atoms with Crippen molar-refractivity contribution < 1.29 is 19.7 Å². The number of hydrogen-bond acceptors (Lipinski definition) is 2. The van der Waals surface area contributed by atoms with Crippen molar-refractivity contribution in [3.05, 3.63) is 11.6 Å². The molecule has 1 amide bonds. The van der Waals surface area contributed by atoms with Crippen molar-refractivity contribution in [2.24, 2.45) is 0 Å². The second kappa shape index (κ2) is 10.8. The number of morpholine rings is 1. The van der Waals surface area contributed by atoms with E-state index in [0.29, 0.717) is 6.54 Å². The highest BCUT2D eigenvalue weighted by Gasteiger charge is 2.13. The summed E-state index contributed by atoms with van der Waals surface area (Å²) in [6.07, 6.45) is 9.67. The molecule has 0 saturated carbocycles. The Labute approximate surface area is 134 Å². The summed E-state index contributed by atoms with van der Waals surface area (Å²) < 4.78 is 5.35. The molecule has 0 unspecified atom stereocenters. The van der Waals surface area contributed by atoms with E-state index >= 15 is 0 Å². The van der Waals surface area contributed by atoms with Crippen LogP contribution < -0.4 is 15.5 Å². The summed E-state index contributed by atoms with van der Waals surface area (Å²) in [6.45, 7) is 7.69. The van der Waals surface area contributed by atoms with Gasteiger partial charge in [0.05, 0.1) is 26.3 Å². The number of rotatable bonds is 9. The zero-order chi connectivity index (χ0) is 15.5. The Morgan fingerprint density at radius 3 is 2.95 bits per heavy atom. The lowest BCUT2D eigenvalue weighted by Crippen LogP contribution is -3.14. The van der Waals surface area contributed by atoms with Crippen LogP contribution in [0.4, 0.5) is 0 Å². The Kier molecular flexibility index (Phi) is 8.53. The van der Waals surface area contributed by atoms with Gasteiger partial charge in [0.1, 0.15) is 13.1 Å². The zero-order valence-electron chi connectivity index (χ0n) is 13.9. The molecule has 0 spiro atoms. The molecular weight excluding hydrogens is 278 g/mol. The van der Waals surface area contributed by atoms with E-state index in [-0.39, 0.29) is 5.91 Å². The van der Waals surface area contributed by atoms with Crippen LogP contribution in [0, 0.1) is 0 Å². The molecule has 1 heterocycles. The number of allylic oxidation sites excluding steroid dienone is 1. The number of hydrogen-bond donors (Lipinski definition) is 3. The average Bonchev–Trinajstić information content (AvgIpc) is 2.56. The Hall–Kier alpha value is -0.910. The minimum Gasteiger partial charge on any atom is -0.370 e. The van der Waals surface area contributed by atoms with Crippen molar-refractivity contribution in [2.75, 3.05) is 52.5 Å². The van der Waals surface area contributed by atoms with Gasteiger partial charge in [-0.25, -0.2) is 0 Å². The predicted octanol–water partition coefficient (Wildman–Crippen LogP) is -1.14. The fourth-order valence-electron chi connectivity index (χ4n) is 3.21. The molecule has 1 aliphatic carbocycles. The minimum absolute atomic E-state index is 0.176. The summed E-state index contributed by atoms with van der Waals surface area (Å²) in [6, 6.07) is 0. The summed E-state index contributed by atoms with van der Waals surface area (Å²) in [5, 5.41) is 5.17. The summed E-state index contributed by atoms with van der Waals surface area (Å²) in [5.41, 5.74) is 1.53. The molecule has 0 bridgehead atoms. The fourth-order valence-corrected chi connectivity index (χ4v) is 3.21. The average molecular weight is 311 g/mol. The second-order valence-electron chi connectivity index (χ2n) is 6.46. The molecule has 0 aromatic carbocycles. The van der Waals surface area contributed by atoms with Crippen LogP contribution in [0.15, 0.2) is 11.6 Å². The standard InChI is InChI=1S/C17H31N3O2/c21-17(19-9-7-16-5-2-1-3-6-16)15-18-8-4-10-20-11-13-22-14-12-20/h5,18H,1-4,6-15H2,(H,19,21)/p+2. The minimum atomic E-state index is 0.176. The van der Waals surface area contributed by atoms with Gasteiger partial charge in [-0.1, -0.05) is 11.6 Å². The monoisotopic (exact) mass is 311 g/mol. The normalized spacial score (nSPS) is 19.7. The van der Waals surface area contributed by atoms with Gasteiger partial charge in [0.25, 0.3) is 5.91 Å². The molecule has 4 N–H and O–H groups in total. The molecule has 2 rings (SSSR count). The van der Waals surface area contributed by atoms with Gasteiger partial charge in [-0.05, 0) is 32.1 Å². The van der Waals surface area contributed by atoms with Crippen LogP contribution in [0.25, 0.3) is 0 Å². The van der Waals surface area contributed by atoms with Gasteiger partial charge in [0.15, 0.2) is 6.54 Å². The van der Waals surface area contributed by atoms with Gasteiger partial charge in [-0.2, -0.15) is 0 Å². The van der Waals surface area contributed by atoms with Gasteiger partial charge < -0.3 is 20.3 Å². The van der Waals surface area contributed by atoms with E-state index in [2.05, 4.69) is 16.7 Å². The maximum Gasteiger partial charge on any atom is 0.275 e. The number of nitrogens with two attached hydrogens (primary N) is 1. The lowest BCUT2D eigenvalue weighted by Gasteiger charge is -2.23. The zero-order valence-corrected chi connectivity index (χ0v) is 13.9. The van der Waals surface area contributed by atoms with E-state index in [1.165, 1.54) is 44.2 Å². The fraction of sp³-hybridized carbons (Fsp3) is 0.824. The van der Waals surface area contributed by atoms with Crippen LogP contribution >= 0.6 is 0 Å². The van der Waals surface area contributed by atoms with E-state index in [4.69, 9.17) is 4.74 Å². The summed E-state index contributed by atoms with van der Waals surface area (Å²) in [7, 11) is 0. The number of amides is 1. The molecule has 0 atom stereocenters. The van der Waals surface area contributed by atoms with Crippen LogP contribution in [0.5, 0.6) is 0 Å². The van der Waals surface area contributed by atoms with Crippen LogP contribution in [0.2, 0.25) is 0 Å². The lowest BCUT2D eigenvalue weighted by molar-refractivity contribution is -0.909. The molecular formula is C17H33N3O2+2. The molecule has 0 aromatic heterocycles. The van der Waals surface area contributed by atoms with Gasteiger partial charge in [0.2, 0.25) is 0 Å². The predicted molar refractivity (Wildman–Crippen MR) is 86.8 cm³/mol. The molecule has 22 heavy (non-hydrogen) atoms. The highest BCUT2D eigenvalue weighted by Crippen LogP contribution is 2.19. The number of nitrogens with one attached hydrogen (secondary N) is 2. The molecule has 1 fully saturated rings. The first-order chi connectivity index (χ1) is 10.8. The van der Waals surface area contributed by atoms with Gasteiger partial charge in [-0.15, -0.1) is 0 Å². The van der Waals surface area contributed by atoms with Crippen molar-refractivity contribution >= 4 is 5.91 Å². The van der Waals surface area contributed by atoms with Crippen molar-refractivity contribution in [1.29, 1.82) is 0 Å². The van der Waals surface area contributed by atoms with Crippen LogP contribution in [-0.2, 0) is 9.53 Å². The van der Waals surface area contributed by atoms with Crippen LogP contribution in [-0.4, -0.2) is 58.4 Å². The Morgan fingerprint density at radius 1 is 1.32 bits per heavy atom. The van der Waals surface area contributed by atoms with Gasteiger partial charge in [0, 0.05) is 13.0 Å². The van der Waals surface area contributed by atoms with Crippen molar-refractivity contribution in [3.63, 3.8) is 0 Å². The van der Waals surface area contributed by atoms with Crippen LogP contribution in [0.3, 0.4) is 0 Å². The maximum absolute atomic E-state index is 11.8. The van der Waals surface area contributed by atoms with Crippen LogP contribution in [0.1, 0.15) is 38.5 Å². The third-order valence-electron chi connectivity index (χ3n) is 4.62. The summed E-state index contributed by atoms with van der Waals surface area (Å²) in [5.74, 6) is 0.176. The van der Waals surface area contributed by atoms with E-state index in [1.54, 1.807) is 4.90 Å². The van der Waals surface area contributed by atoms with Crippen molar-refractivity contribution in [1.82, 2.24) is 5.32 Å². The quantitative estimate of drug-likeness (QED) is 0.372. The van der Waals surface area contributed by atoms with Crippen molar-refractivity contribution in [2.45, 2.75) is 38.5 Å². The van der Waals surface area contributed by atoms with E-state index in [0.717, 1.165) is 45.8 Å². The number of carbonyl (C=O) groups is 1. The Balaban J connectivity index is 1.41. The molecule has 5 heteroatoms. The van der Waals surface area contributed by atoms with Gasteiger partial charge >= 0.3 is 0 Å². The second-order valence-corrected chi connectivity index (χ2v) is 6.46. The molecule has 126 valence electrons. The SMILES string of the molecule is O=C(C[NH2+]CCC[NH+]1CCOCC1)NCCC1=CCCCC1. The number of quaternary nitrogens is 2. The Bertz CT molecular complexity index is 352. The molecule has 5 nitrogen and oxygen atoms in total. The molecule has 2 aliphatic rings. The maximum atomic E-state index is 11.8. The molecule has 1 aliphatic heterocycles. The molecule has 0 aromatic rings. The first-order valence-electron chi connectivity index (χ1n) is 9.02. The number of carbonyl (C=O) groups excluding carboxylic acids is 1. The largest absolute Gasteiger partial charge is 0.370 e. The highest BCUT2D eigenvalue weighted by molar-refractivity contribution is 5.76. The van der Waals surface area contributed by atoms with E-state index < -0.39 is 0 Å². The number of ether oxygens (including phenoxy) is 1. The molecule has 1 saturated heterocycles. The lowest BCUT2D eigenvalue weighted by atomic mass is 9.97. The van der Waals surface area contributed by atoms with Gasteiger partial charge in [-0.3, -0.25) is 4.79 Å². The highest BCUT2D eigenvalue weighted by atomic mass is 16.5. The smallest absolute Gasteiger partial charge is 0.275 e. The third-order valence-corrected chi connectivity index (χ3v) is 4.62. The topological polar surface area (TPSA) is 59.4 Å². The van der Waals surface area contributed by atoms with E-state index in [9.17, 15) is 4.79 Å².